The van der Waals surface area contributed by atoms with Gasteiger partial charge in [0.15, 0.2) is 0 Å². The molecule has 18 heavy (non-hydrogen) atoms. The minimum atomic E-state index is -0.168. The number of hydrogen-bond acceptors (Lipinski definition) is 3. The van der Waals surface area contributed by atoms with Gasteiger partial charge in [0.1, 0.15) is 0 Å². The molecule has 4 heteroatoms. The maximum atomic E-state index is 11.9. The van der Waals surface area contributed by atoms with E-state index in [1.54, 1.807) is 6.07 Å². The molecule has 0 aliphatic rings. The van der Waals surface area contributed by atoms with Crippen molar-refractivity contribution in [3.05, 3.63) is 59.4 Å². The van der Waals surface area contributed by atoms with Gasteiger partial charge in [-0.1, -0.05) is 24.3 Å². The number of nitrogens with one attached hydrogen (secondary N) is 1. The summed E-state index contributed by atoms with van der Waals surface area (Å²) in [6.45, 7) is 2.52. The summed E-state index contributed by atoms with van der Waals surface area (Å²) < 4.78 is 0. The van der Waals surface area contributed by atoms with E-state index < -0.39 is 0 Å². The summed E-state index contributed by atoms with van der Waals surface area (Å²) in [6.07, 6.45) is 3.02. The van der Waals surface area contributed by atoms with Crippen LogP contribution >= 0.6 is 0 Å². The molecule has 0 aliphatic carbocycles. The van der Waals surface area contributed by atoms with Crippen molar-refractivity contribution in [2.45, 2.75) is 13.5 Å². The molecule has 0 fully saturated rings. The maximum Gasteiger partial charge on any atom is 0.253 e. The standard InChI is InChI=1S/C14H15N3O/c1-10-4-2-3-5-11(10)8-17-14(18)12-6-13(15)9-16-7-12/h2-7,9H,8,15H2,1H3,(H,17,18). The molecule has 2 aromatic rings. The second-order valence-corrected chi connectivity index (χ2v) is 4.12. The van der Waals surface area contributed by atoms with Gasteiger partial charge in [-0.05, 0) is 24.1 Å². The van der Waals surface area contributed by atoms with Crippen molar-refractivity contribution in [2.75, 3.05) is 5.73 Å². The normalized spacial score (nSPS) is 10.1. The zero-order valence-corrected chi connectivity index (χ0v) is 10.2. The van der Waals surface area contributed by atoms with Gasteiger partial charge in [-0.3, -0.25) is 9.78 Å². The number of pyridine rings is 1. The number of amides is 1. The highest BCUT2D eigenvalue weighted by Gasteiger charge is 2.06. The van der Waals surface area contributed by atoms with E-state index in [1.807, 2.05) is 31.2 Å². The lowest BCUT2D eigenvalue weighted by molar-refractivity contribution is 0.0950. The Morgan fingerprint density at radius 3 is 2.83 bits per heavy atom. The number of aromatic nitrogens is 1. The largest absolute Gasteiger partial charge is 0.397 e. The van der Waals surface area contributed by atoms with Gasteiger partial charge in [-0.15, -0.1) is 0 Å². The Kier molecular flexibility index (Phi) is 3.57. The lowest BCUT2D eigenvalue weighted by Gasteiger charge is -2.07. The molecule has 0 saturated heterocycles. The number of nitrogen functional groups attached to an aromatic ring is 1. The van der Waals surface area contributed by atoms with Gasteiger partial charge >= 0.3 is 0 Å². The Bertz CT molecular complexity index is 566. The molecule has 1 aromatic carbocycles. The lowest BCUT2D eigenvalue weighted by Crippen LogP contribution is -2.23. The number of benzene rings is 1. The van der Waals surface area contributed by atoms with E-state index in [4.69, 9.17) is 5.73 Å². The minimum absolute atomic E-state index is 0.168. The number of nitrogens with two attached hydrogens (primary N) is 1. The fourth-order valence-corrected chi connectivity index (χ4v) is 1.67. The molecule has 1 heterocycles. The van der Waals surface area contributed by atoms with E-state index in [9.17, 15) is 4.79 Å². The van der Waals surface area contributed by atoms with Gasteiger partial charge in [0.05, 0.1) is 11.3 Å². The summed E-state index contributed by atoms with van der Waals surface area (Å²) in [4.78, 5) is 15.8. The van der Waals surface area contributed by atoms with Crippen molar-refractivity contribution < 1.29 is 4.79 Å². The number of carbonyl (C=O) groups is 1. The van der Waals surface area contributed by atoms with E-state index in [-0.39, 0.29) is 5.91 Å². The summed E-state index contributed by atoms with van der Waals surface area (Å²) in [7, 11) is 0. The van der Waals surface area contributed by atoms with Crippen LogP contribution in [0, 0.1) is 6.92 Å². The molecular formula is C14H15N3O. The van der Waals surface area contributed by atoms with E-state index in [0.29, 0.717) is 17.8 Å². The Labute approximate surface area is 106 Å². The average Bonchev–Trinajstić information content (AvgIpc) is 2.37. The first-order valence-electron chi connectivity index (χ1n) is 5.70. The van der Waals surface area contributed by atoms with Crippen LogP contribution in [-0.4, -0.2) is 10.9 Å². The summed E-state index contributed by atoms with van der Waals surface area (Å²) in [5.41, 5.74) is 8.80. The molecule has 0 saturated carbocycles. The number of nitrogens with zero attached hydrogens (tertiary/aromatic N) is 1. The predicted octanol–water partition coefficient (Wildman–Crippen LogP) is 1.90. The molecule has 0 atom stereocenters. The number of rotatable bonds is 3. The Morgan fingerprint density at radius 2 is 2.11 bits per heavy atom. The van der Waals surface area contributed by atoms with Crippen molar-refractivity contribution in [1.82, 2.24) is 10.3 Å². The van der Waals surface area contributed by atoms with E-state index in [1.165, 1.54) is 12.4 Å². The molecule has 0 bridgehead atoms. The fraction of sp³-hybridized carbons (Fsp3) is 0.143. The predicted molar refractivity (Wildman–Crippen MR) is 71.0 cm³/mol. The Hall–Kier alpha value is -2.36. The molecule has 0 radical (unpaired) electrons. The number of hydrogen-bond donors (Lipinski definition) is 2. The quantitative estimate of drug-likeness (QED) is 0.862. The topological polar surface area (TPSA) is 68.0 Å². The van der Waals surface area contributed by atoms with Crippen LogP contribution in [0.2, 0.25) is 0 Å². The third-order valence-electron chi connectivity index (χ3n) is 2.72. The van der Waals surface area contributed by atoms with Crippen LogP contribution in [-0.2, 0) is 6.54 Å². The molecule has 3 N–H and O–H groups in total. The zero-order chi connectivity index (χ0) is 13.0. The number of aryl methyl sites for hydroxylation is 1. The highest BCUT2D eigenvalue weighted by atomic mass is 16.1. The molecule has 2 rings (SSSR count). The van der Waals surface area contributed by atoms with Crippen LogP contribution in [0.1, 0.15) is 21.5 Å². The lowest BCUT2D eigenvalue weighted by atomic mass is 10.1. The van der Waals surface area contributed by atoms with Crippen LogP contribution in [0.5, 0.6) is 0 Å². The van der Waals surface area contributed by atoms with Crippen LogP contribution in [0.15, 0.2) is 42.7 Å². The fourth-order valence-electron chi connectivity index (χ4n) is 1.67. The summed E-state index contributed by atoms with van der Waals surface area (Å²) >= 11 is 0. The zero-order valence-electron chi connectivity index (χ0n) is 10.2. The van der Waals surface area contributed by atoms with Gasteiger partial charge in [0, 0.05) is 18.9 Å². The molecule has 0 spiro atoms. The van der Waals surface area contributed by atoms with Crippen molar-refractivity contribution in [3.8, 4) is 0 Å². The second kappa shape index (κ2) is 5.31. The first-order chi connectivity index (χ1) is 8.66. The molecule has 4 nitrogen and oxygen atoms in total. The van der Waals surface area contributed by atoms with Gasteiger partial charge in [-0.25, -0.2) is 0 Å². The average molecular weight is 241 g/mol. The molecule has 0 aliphatic heterocycles. The molecule has 0 unspecified atom stereocenters. The molecule has 1 aromatic heterocycles. The van der Waals surface area contributed by atoms with Crippen molar-refractivity contribution in [1.29, 1.82) is 0 Å². The van der Waals surface area contributed by atoms with Crippen LogP contribution < -0.4 is 11.1 Å². The van der Waals surface area contributed by atoms with Crippen LogP contribution in [0.4, 0.5) is 5.69 Å². The van der Waals surface area contributed by atoms with Crippen molar-refractivity contribution in [2.24, 2.45) is 0 Å². The van der Waals surface area contributed by atoms with Crippen molar-refractivity contribution in [3.63, 3.8) is 0 Å². The van der Waals surface area contributed by atoms with Gasteiger partial charge in [0.2, 0.25) is 0 Å². The molecular weight excluding hydrogens is 226 g/mol. The number of anilines is 1. The van der Waals surface area contributed by atoms with E-state index >= 15 is 0 Å². The smallest absolute Gasteiger partial charge is 0.253 e. The first-order valence-corrected chi connectivity index (χ1v) is 5.70. The Balaban J connectivity index is 2.03. The van der Waals surface area contributed by atoms with Crippen LogP contribution in [0.25, 0.3) is 0 Å². The number of carbonyl (C=O) groups excluding carboxylic acids is 1. The van der Waals surface area contributed by atoms with E-state index in [2.05, 4.69) is 10.3 Å². The van der Waals surface area contributed by atoms with Crippen molar-refractivity contribution >= 4 is 11.6 Å². The highest BCUT2D eigenvalue weighted by Crippen LogP contribution is 2.08. The minimum Gasteiger partial charge on any atom is -0.397 e. The third-order valence-corrected chi connectivity index (χ3v) is 2.72. The van der Waals surface area contributed by atoms with Crippen LogP contribution in [0.3, 0.4) is 0 Å². The second-order valence-electron chi connectivity index (χ2n) is 4.12. The SMILES string of the molecule is Cc1ccccc1CNC(=O)c1cncc(N)c1. The van der Waals surface area contributed by atoms with Gasteiger partial charge < -0.3 is 11.1 Å². The summed E-state index contributed by atoms with van der Waals surface area (Å²) in [5, 5.41) is 2.85. The molecule has 92 valence electrons. The maximum absolute atomic E-state index is 11.9. The monoisotopic (exact) mass is 241 g/mol. The van der Waals surface area contributed by atoms with Gasteiger partial charge in [0.25, 0.3) is 5.91 Å². The third kappa shape index (κ3) is 2.85. The molecule has 1 amide bonds. The summed E-state index contributed by atoms with van der Waals surface area (Å²) in [6, 6.07) is 9.55. The first kappa shape index (κ1) is 12.1. The highest BCUT2D eigenvalue weighted by molar-refractivity contribution is 5.94. The Morgan fingerprint density at radius 1 is 1.33 bits per heavy atom. The van der Waals surface area contributed by atoms with E-state index in [0.717, 1.165) is 11.1 Å². The van der Waals surface area contributed by atoms with Gasteiger partial charge in [-0.2, -0.15) is 0 Å². The summed E-state index contributed by atoms with van der Waals surface area (Å²) in [5.74, 6) is -0.168.